The maximum atomic E-state index is 11.1. The molecule has 0 saturated carbocycles. The highest BCUT2D eigenvalue weighted by Crippen LogP contribution is 1.89. The maximum absolute atomic E-state index is 11.1. The molecule has 0 aliphatic carbocycles. The molecule has 0 aliphatic heterocycles. The summed E-state index contributed by atoms with van der Waals surface area (Å²) in [5.74, 6) is -1.83. The van der Waals surface area contributed by atoms with Gasteiger partial charge in [-0.25, -0.2) is 4.79 Å². The van der Waals surface area contributed by atoms with Gasteiger partial charge in [0.25, 0.3) is 0 Å². The number of carbonyl (C=O) groups excluding carboxylic acids is 2. The number of rotatable bonds is 7. The van der Waals surface area contributed by atoms with Gasteiger partial charge in [-0.15, -0.1) is 0 Å². The number of aliphatic hydroxyl groups excluding tert-OH is 1. The van der Waals surface area contributed by atoms with Gasteiger partial charge in [-0.05, 0) is 0 Å². The second-order valence-corrected chi connectivity index (χ2v) is 3.23. The molecule has 0 aromatic rings. The fraction of sp³-hybridized carbons (Fsp3) is 0.667. The Morgan fingerprint density at radius 3 is 2.31 bits per heavy atom. The van der Waals surface area contributed by atoms with E-state index in [9.17, 15) is 14.4 Å². The summed E-state index contributed by atoms with van der Waals surface area (Å²) in [6, 6.07) is 0. The first-order chi connectivity index (χ1) is 7.43. The molecule has 2 amide bonds. The van der Waals surface area contributed by atoms with Crippen molar-refractivity contribution in [3.8, 4) is 0 Å². The largest absolute Gasteiger partial charge is 0.479 e. The van der Waals surface area contributed by atoms with Crippen molar-refractivity contribution in [2.75, 3.05) is 13.1 Å². The lowest BCUT2D eigenvalue weighted by Crippen LogP contribution is -2.32. The van der Waals surface area contributed by atoms with Crippen molar-refractivity contribution < 1.29 is 24.6 Å². The second-order valence-electron chi connectivity index (χ2n) is 3.23. The third-order valence-electron chi connectivity index (χ3n) is 1.75. The van der Waals surface area contributed by atoms with Gasteiger partial charge in [-0.1, -0.05) is 0 Å². The first-order valence-corrected chi connectivity index (χ1v) is 4.85. The second kappa shape index (κ2) is 7.63. The average molecular weight is 232 g/mol. The molecule has 0 spiro atoms. The molecule has 0 aromatic heterocycles. The van der Waals surface area contributed by atoms with Gasteiger partial charge in [0.2, 0.25) is 11.8 Å². The van der Waals surface area contributed by atoms with Gasteiger partial charge >= 0.3 is 5.97 Å². The Morgan fingerprint density at radius 1 is 1.19 bits per heavy atom. The van der Waals surface area contributed by atoms with Crippen LogP contribution in [0.25, 0.3) is 0 Å². The summed E-state index contributed by atoms with van der Waals surface area (Å²) >= 11 is 0. The zero-order valence-electron chi connectivity index (χ0n) is 9.02. The Balaban J connectivity index is 3.51. The van der Waals surface area contributed by atoms with E-state index in [-0.39, 0.29) is 37.7 Å². The number of hydrogen-bond donors (Lipinski definition) is 4. The van der Waals surface area contributed by atoms with Gasteiger partial charge in [0.1, 0.15) is 0 Å². The average Bonchev–Trinajstić information content (AvgIpc) is 2.16. The number of nitrogens with one attached hydrogen (secondary N) is 2. The lowest BCUT2D eigenvalue weighted by atomic mass is 10.2. The topological polar surface area (TPSA) is 116 Å². The van der Waals surface area contributed by atoms with Gasteiger partial charge in [0, 0.05) is 32.9 Å². The van der Waals surface area contributed by atoms with Crippen molar-refractivity contribution in [1.29, 1.82) is 0 Å². The van der Waals surface area contributed by atoms with Gasteiger partial charge in [-0.3, -0.25) is 9.59 Å². The molecule has 1 atom stereocenters. The van der Waals surface area contributed by atoms with Crippen LogP contribution in [0.4, 0.5) is 0 Å². The van der Waals surface area contributed by atoms with Gasteiger partial charge in [0.05, 0.1) is 0 Å². The zero-order chi connectivity index (χ0) is 12.6. The summed E-state index contributed by atoms with van der Waals surface area (Å²) < 4.78 is 0. The van der Waals surface area contributed by atoms with Crippen LogP contribution in [-0.2, 0) is 14.4 Å². The van der Waals surface area contributed by atoms with Crippen molar-refractivity contribution in [2.45, 2.75) is 25.9 Å². The Labute approximate surface area is 92.8 Å². The minimum atomic E-state index is -1.46. The number of aliphatic carboxylic acids is 1. The third-order valence-corrected chi connectivity index (χ3v) is 1.75. The number of amides is 2. The minimum Gasteiger partial charge on any atom is -0.479 e. The van der Waals surface area contributed by atoms with Crippen molar-refractivity contribution >= 4 is 17.8 Å². The predicted molar refractivity (Wildman–Crippen MR) is 54.6 cm³/mol. The normalized spacial score (nSPS) is 11.6. The Hall–Kier alpha value is -1.63. The van der Waals surface area contributed by atoms with E-state index >= 15 is 0 Å². The molecular formula is C9H16N2O5. The SMILES string of the molecule is CC(=O)NCCC(=O)NCC[C@H](O)C(=O)O. The first kappa shape index (κ1) is 14.4. The summed E-state index contributed by atoms with van der Waals surface area (Å²) in [6.45, 7) is 1.68. The minimum absolute atomic E-state index is 0.0405. The number of hydrogen-bond acceptors (Lipinski definition) is 4. The highest BCUT2D eigenvalue weighted by atomic mass is 16.4. The van der Waals surface area contributed by atoms with E-state index in [2.05, 4.69) is 10.6 Å². The van der Waals surface area contributed by atoms with E-state index in [4.69, 9.17) is 10.2 Å². The number of carboxylic acid groups (broad SMARTS) is 1. The standard InChI is InChI=1S/C9H16N2O5/c1-6(12)10-5-3-8(14)11-4-2-7(13)9(15)16/h7,13H,2-5H2,1H3,(H,10,12)(H,11,14)(H,15,16)/t7-/m0/s1. The zero-order valence-corrected chi connectivity index (χ0v) is 9.02. The van der Waals surface area contributed by atoms with E-state index in [1.165, 1.54) is 6.92 Å². The van der Waals surface area contributed by atoms with Crippen molar-refractivity contribution in [3.05, 3.63) is 0 Å². The molecular weight excluding hydrogens is 216 g/mol. The molecule has 0 unspecified atom stereocenters. The summed E-state index contributed by atoms with van der Waals surface area (Å²) in [5, 5.41) is 22.1. The summed E-state index contributed by atoms with van der Waals surface area (Å²) in [4.78, 5) is 31.8. The van der Waals surface area contributed by atoms with Crippen LogP contribution >= 0.6 is 0 Å². The van der Waals surface area contributed by atoms with Gasteiger partial charge in [0.15, 0.2) is 6.10 Å². The summed E-state index contributed by atoms with van der Waals surface area (Å²) in [6.07, 6.45) is -1.38. The Morgan fingerprint density at radius 2 is 1.81 bits per heavy atom. The molecule has 0 aromatic carbocycles. The van der Waals surface area contributed by atoms with Gasteiger partial charge < -0.3 is 20.8 Å². The Kier molecular flexibility index (Phi) is 6.86. The molecule has 7 nitrogen and oxygen atoms in total. The predicted octanol–water partition coefficient (Wildman–Crippen LogP) is -1.54. The van der Waals surface area contributed by atoms with Crippen molar-refractivity contribution in [3.63, 3.8) is 0 Å². The van der Waals surface area contributed by atoms with Crippen LogP contribution in [0, 0.1) is 0 Å². The van der Waals surface area contributed by atoms with E-state index in [0.717, 1.165) is 0 Å². The van der Waals surface area contributed by atoms with Crippen LogP contribution in [0.5, 0.6) is 0 Å². The van der Waals surface area contributed by atoms with E-state index in [1.807, 2.05) is 0 Å². The Bertz CT molecular complexity index is 267. The molecule has 0 bridgehead atoms. The number of aliphatic hydroxyl groups is 1. The van der Waals surface area contributed by atoms with Crippen LogP contribution in [-0.4, -0.2) is 47.2 Å². The van der Waals surface area contributed by atoms with Gasteiger partial charge in [-0.2, -0.15) is 0 Å². The van der Waals surface area contributed by atoms with E-state index in [0.29, 0.717) is 0 Å². The molecule has 7 heteroatoms. The van der Waals surface area contributed by atoms with Crippen molar-refractivity contribution in [2.24, 2.45) is 0 Å². The molecule has 0 heterocycles. The van der Waals surface area contributed by atoms with E-state index in [1.54, 1.807) is 0 Å². The molecule has 0 aliphatic rings. The lowest BCUT2D eigenvalue weighted by Gasteiger charge is -2.07. The molecule has 0 fully saturated rings. The molecule has 0 rings (SSSR count). The molecule has 92 valence electrons. The summed E-state index contributed by atoms with van der Waals surface area (Å²) in [5.41, 5.74) is 0. The van der Waals surface area contributed by atoms with Crippen LogP contribution in [0.3, 0.4) is 0 Å². The quantitative estimate of drug-likeness (QED) is 0.425. The third kappa shape index (κ3) is 7.74. The lowest BCUT2D eigenvalue weighted by molar-refractivity contribution is -0.147. The van der Waals surface area contributed by atoms with Crippen molar-refractivity contribution in [1.82, 2.24) is 10.6 Å². The van der Waals surface area contributed by atoms with E-state index < -0.39 is 12.1 Å². The highest BCUT2D eigenvalue weighted by Gasteiger charge is 2.12. The number of carboxylic acids is 1. The van der Waals surface area contributed by atoms with Crippen LogP contribution in [0.15, 0.2) is 0 Å². The number of carbonyl (C=O) groups is 3. The maximum Gasteiger partial charge on any atom is 0.332 e. The highest BCUT2D eigenvalue weighted by molar-refractivity contribution is 5.78. The fourth-order valence-electron chi connectivity index (χ4n) is 0.912. The monoisotopic (exact) mass is 232 g/mol. The first-order valence-electron chi connectivity index (χ1n) is 4.85. The van der Waals surface area contributed by atoms with Crippen LogP contribution < -0.4 is 10.6 Å². The smallest absolute Gasteiger partial charge is 0.332 e. The molecule has 0 saturated heterocycles. The molecule has 0 radical (unpaired) electrons. The fourth-order valence-corrected chi connectivity index (χ4v) is 0.912. The van der Waals surface area contributed by atoms with Crippen LogP contribution in [0.2, 0.25) is 0 Å². The molecule has 16 heavy (non-hydrogen) atoms. The summed E-state index contributed by atoms with van der Waals surface area (Å²) in [7, 11) is 0. The van der Waals surface area contributed by atoms with Crippen LogP contribution in [0.1, 0.15) is 19.8 Å². The molecule has 4 N–H and O–H groups in total.